The van der Waals surface area contributed by atoms with Crippen molar-refractivity contribution in [3.05, 3.63) is 17.7 Å². The molecular weight excluding hydrogens is 292 g/mol. The maximum atomic E-state index is 5.68. The molecule has 3 rings (SSSR count). The third kappa shape index (κ3) is 3.40. The minimum Gasteiger partial charge on any atom is -0.493 e. The van der Waals surface area contributed by atoms with Gasteiger partial charge in [0.15, 0.2) is 11.5 Å². The third-order valence-corrected chi connectivity index (χ3v) is 5.06. The Hall–Kier alpha value is -1.46. The number of likely N-dealkylation sites (tertiary alicyclic amines) is 1. The van der Waals surface area contributed by atoms with Crippen molar-refractivity contribution < 1.29 is 14.2 Å². The zero-order valence-electron chi connectivity index (χ0n) is 14.5. The van der Waals surface area contributed by atoms with E-state index in [2.05, 4.69) is 22.3 Å². The molecule has 5 nitrogen and oxygen atoms in total. The standard InChI is InChI=1S/C18H28N2O3/c1-4-23-17-15(21-2)9-14(10-16(17)22-3)11-20-8-6-18(13-20)5-7-19-12-18/h9-10,19H,4-8,11-13H2,1-3H3. The predicted molar refractivity (Wildman–Crippen MR) is 90.5 cm³/mol. The van der Waals surface area contributed by atoms with Crippen LogP contribution in [0.1, 0.15) is 25.3 Å². The van der Waals surface area contributed by atoms with Crippen LogP contribution in [0.15, 0.2) is 12.1 Å². The molecule has 0 radical (unpaired) electrons. The largest absolute Gasteiger partial charge is 0.493 e. The van der Waals surface area contributed by atoms with E-state index in [-0.39, 0.29) is 0 Å². The van der Waals surface area contributed by atoms with Gasteiger partial charge in [-0.15, -0.1) is 0 Å². The van der Waals surface area contributed by atoms with Crippen LogP contribution in [0.4, 0.5) is 0 Å². The highest BCUT2D eigenvalue weighted by atomic mass is 16.5. The van der Waals surface area contributed by atoms with Crippen LogP contribution in [0.25, 0.3) is 0 Å². The van der Waals surface area contributed by atoms with Crippen molar-refractivity contribution in [2.75, 3.05) is 47.0 Å². The van der Waals surface area contributed by atoms with Gasteiger partial charge in [0.05, 0.1) is 20.8 Å². The van der Waals surface area contributed by atoms with E-state index < -0.39 is 0 Å². The first kappa shape index (κ1) is 16.4. The van der Waals surface area contributed by atoms with Gasteiger partial charge in [-0.05, 0) is 56.0 Å². The smallest absolute Gasteiger partial charge is 0.203 e. The lowest BCUT2D eigenvalue weighted by Crippen LogP contribution is -2.28. The van der Waals surface area contributed by atoms with Crippen molar-refractivity contribution in [2.45, 2.75) is 26.3 Å². The van der Waals surface area contributed by atoms with Gasteiger partial charge < -0.3 is 19.5 Å². The number of rotatable bonds is 6. The van der Waals surface area contributed by atoms with E-state index in [9.17, 15) is 0 Å². The first-order valence-electron chi connectivity index (χ1n) is 8.50. The van der Waals surface area contributed by atoms with Crippen molar-refractivity contribution >= 4 is 0 Å². The Kier molecular flexibility index (Phi) is 4.97. The molecule has 1 unspecified atom stereocenters. The molecular formula is C18H28N2O3. The molecule has 1 N–H and O–H groups in total. The van der Waals surface area contributed by atoms with Gasteiger partial charge in [-0.1, -0.05) is 0 Å². The molecule has 2 aliphatic rings. The Morgan fingerprint density at radius 2 is 1.91 bits per heavy atom. The van der Waals surface area contributed by atoms with Gasteiger partial charge in [-0.2, -0.15) is 0 Å². The van der Waals surface area contributed by atoms with E-state index >= 15 is 0 Å². The number of ether oxygens (including phenoxy) is 3. The topological polar surface area (TPSA) is 43.0 Å². The molecule has 0 aliphatic carbocycles. The molecule has 1 atom stereocenters. The van der Waals surface area contributed by atoms with E-state index in [0.29, 0.717) is 17.8 Å². The molecule has 23 heavy (non-hydrogen) atoms. The second-order valence-electron chi connectivity index (χ2n) is 6.65. The molecule has 2 fully saturated rings. The molecule has 0 amide bonds. The SMILES string of the molecule is CCOc1c(OC)cc(CN2CCC3(CCNC3)C2)cc1OC. The zero-order valence-corrected chi connectivity index (χ0v) is 14.5. The second-order valence-corrected chi connectivity index (χ2v) is 6.65. The highest BCUT2D eigenvalue weighted by molar-refractivity contribution is 5.53. The van der Waals surface area contributed by atoms with Gasteiger partial charge in [0, 0.05) is 19.6 Å². The minimum absolute atomic E-state index is 0.499. The number of nitrogens with zero attached hydrogens (tertiary/aromatic N) is 1. The number of methoxy groups -OCH3 is 2. The molecule has 2 heterocycles. The Morgan fingerprint density at radius 1 is 1.17 bits per heavy atom. The summed E-state index contributed by atoms with van der Waals surface area (Å²) in [4.78, 5) is 2.54. The van der Waals surface area contributed by atoms with Crippen molar-refractivity contribution in [3.63, 3.8) is 0 Å². The molecule has 2 saturated heterocycles. The maximum absolute atomic E-state index is 5.68. The van der Waals surface area contributed by atoms with Crippen LogP contribution in [0.5, 0.6) is 17.2 Å². The average Bonchev–Trinajstić information content (AvgIpc) is 3.18. The Labute approximate surface area is 138 Å². The summed E-state index contributed by atoms with van der Waals surface area (Å²) >= 11 is 0. The maximum Gasteiger partial charge on any atom is 0.203 e. The average molecular weight is 320 g/mol. The van der Waals surface area contributed by atoms with E-state index in [1.54, 1.807) is 14.2 Å². The van der Waals surface area contributed by atoms with Gasteiger partial charge in [-0.3, -0.25) is 4.90 Å². The molecule has 5 heteroatoms. The number of hydrogen-bond acceptors (Lipinski definition) is 5. The highest BCUT2D eigenvalue weighted by Gasteiger charge is 2.40. The van der Waals surface area contributed by atoms with Crippen molar-refractivity contribution in [3.8, 4) is 17.2 Å². The van der Waals surface area contributed by atoms with E-state index in [0.717, 1.165) is 18.0 Å². The summed E-state index contributed by atoms with van der Waals surface area (Å²) in [5.74, 6) is 2.19. The highest BCUT2D eigenvalue weighted by Crippen LogP contribution is 2.40. The van der Waals surface area contributed by atoms with Crippen molar-refractivity contribution in [1.29, 1.82) is 0 Å². The fourth-order valence-corrected chi connectivity index (χ4v) is 3.88. The molecule has 1 aromatic rings. The fraction of sp³-hybridized carbons (Fsp3) is 0.667. The molecule has 128 valence electrons. The van der Waals surface area contributed by atoms with Crippen LogP contribution in [0, 0.1) is 5.41 Å². The molecule has 0 aromatic heterocycles. The predicted octanol–water partition coefficient (Wildman–Crippen LogP) is 2.29. The van der Waals surface area contributed by atoms with Crippen molar-refractivity contribution in [2.24, 2.45) is 5.41 Å². The van der Waals surface area contributed by atoms with Crippen LogP contribution in [0.3, 0.4) is 0 Å². The summed E-state index contributed by atoms with van der Waals surface area (Å²) in [5.41, 5.74) is 1.71. The van der Waals surface area contributed by atoms with E-state index in [4.69, 9.17) is 14.2 Å². The van der Waals surface area contributed by atoms with Crippen LogP contribution < -0.4 is 19.5 Å². The summed E-state index contributed by atoms with van der Waals surface area (Å²) in [7, 11) is 3.35. The van der Waals surface area contributed by atoms with E-state index in [1.807, 2.05) is 6.92 Å². The van der Waals surface area contributed by atoms with Crippen LogP contribution in [-0.4, -0.2) is 51.9 Å². The van der Waals surface area contributed by atoms with Gasteiger partial charge in [0.2, 0.25) is 5.75 Å². The minimum atomic E-state index is 0.499. The van der Waals surface area contributed by atoms with E-state index in [1.165, 1.54) is 44.6 Å². The lowest BCUT2D eigenvalue weighted by molar-refractivity contribution is 0.265. The molecule has 0 bridgehead atoms. The number of benzene rings is 1. The van der Waals surface area contributed by atoms with Gasteiger partial charge in [0.25, 0.3) is 0 Å². The Morgan fingerprint density at radius 3 is 2.48 bits per heavy atom. The molecule has 0 saturated carbocycles. The van der Waals surface area contributed by atoms with Gasteiger partial charge >= 0.3 is 0 Å². The summed E-state index contributed by atoms with van der Waals surface area (Å²) in [6, 6.07) is 4.15. The van der Waals surface area contributed by atoms with Gasteiger partial charge in [0.1, 0.15) is 0 Å². The normalized spacial score (nSPS) is 24.3. The Balaban J connectivity index is 1.75. The lowest BCUT2D eigenvalue weighted by Gasteiger charge is -2.23. The number of hydrogen-bond donors (Lipinski definition) is 1. The summed E-state index contributed by atoms with van der Waals surface area (Å²) < 4.78 is 16.7. The lowest BCUT2D eigenvalue weighted by atomic mass is 9.86. The quantitative estimate of drug-likeness (QED) is 0.871. The number of nitrogens with one attached hydrogen (secondary N) is 1. The Bertz CT molecular complexity index is 516. The fourth-order valence-electron chi connectivity index (χ4n) is 3.88. The van der Waals surface area contributed by atoms with Crippen LogP contribution in [0.2, 0.25) is 0 Å². The zero-order chi connectivity index (χ0) is 16.3. The summed E-state index contributed by atoms with van der Waals surface area (Å²) in [5, 5.41) is 3.51. The summed E-state index contributed by atoms with van der Waals surface area (Å²) in [6.07, 6.45) is 2.60. The first-order valence-corrected chi connectivity index (χ1v) is 8.50. The van der Waals surface area contributed by atoms with Crippen LogP contribution in [-0.2, 0) is 6.54 Å². The third-order valence-electron chi connectivity index (χ3n) is 5.06. The second kappa shape index (κ2) is 6.97. The van der Waals surface area contributed by atoms with Gasteiger partial charge in [-0.25, -0.2) is 0 Å². The molecule has 1 aromatic carbocycles. The van der Waals surface area contributed by atoms with Crippen LogP contribution >= 0.6 is 0 Å². The van der Waals surface area contributed by atoms with Crippen molar-refractivity contribution in [1.82, 2.24) is 10.2 Å². The summed E-state index contributed by atoms with van der Waals surface area (Å²) in [6.45, 7) is 8.16. The first-order chi connectivity index (χ1) is 11.2. The molecule has 2 aliphatic heterocycles. The monoisotopic (exact) mass is 320 g/mol. The molecule has 1 spiro atoms.